The highest BCUT2D eigenvalue weighted by atomic mass is 31.7. The molecule has 0 unspecified atom stereocenters. The van der Waals surface area contributed by atoms with Crippen molar-refractivity contribution in [2.24, 2.45) is 0 Å². The van der Waals surface area contributed by atoms with E-state index in [0.717, 1.165) is 0 Å². The Morgan fingerprint density at radius 2 is 0.594 bits per heavy atom. The molecule has 0 aromatic heterocycles. The van der Waals surface area contributed by atoms with Crippen molar-refractivity contribution in [3.63, 3.8) is 0 Å². The molecule has 0 fully saturated rings. The van der Waals surface area contributed by atoms with Crippen LogP contribution in [-0.4, -0.2) is 0 Å². The van der Waals surface area contributed by atoms with Gasteiger partial charge in [-0.15, -0.1) is 0 Å². The molecule has 0 nitrogen and oxygen atoms in total. The summed E-state index contributed by atoms with van der Waals surface area (Å²) in [6.07, 6.45) is 0. The lowest BCUT2D eigenvalue weighted by Gasteiger charge is -2.22. The van der Waals surface area contributed by atoms with Crippen LogP contribution in [0.15, 0.2) is 24.3 Å². The van der Waals surface area contributed by atoms with Crippen LogP contribution in [0.4, 0.5) is 0 Å². The largest absolute Gasteiger partial charge is 0.0587 e. The summed E-state index contributed by atoms with van der Waals surface area (Å²) in [4.78, 5) is 0. The van der Waals surface area contributed by atoms with Crippen molar-refractivity contribution in [2.45, 2.75) is 119 Å². The summed E-state index contributed by atoms with van der Waals surface area (Å²) in [6, 6.07) is 9.97. The molecule has 2 heteroatoms. The molecule has 0 atom stereocenters. The van der Waals surface area contributed by atoms with Crippen LogP contribution < -0.4 is 10.6 Å². The third-order valence-electron chi connectivity index (χ3n) is 6.45. The molecule has 0 aliphatic rings. The molecular formula is C30H46P2. The number of rotatable bonds is 8. The molecule has 0 amide bonds. The molecular weight excluding hydrogens is 422 g/mol. The molecule has 0 saturated heterocycles. The van der Waals surface area contributed by atoms with E-state index in [1.54, 1.807) is 32.9 Å². The van der Waals surface area contributed by atoms with Crippen molar-refractivity contribution in [3.05, 3.63) is 57.6 Å². The van der Waals surface area contributed by atoms with Gasteiger partial charge in [-0.3, -0.25) is 0 Å². The Bertz CT molecular complexity index is 808. The lowest BCUT2D eigenvalue weighted by Crippen LogP contribution is -2.16. The van der Waals surface area contributed by atoms with E-state index in [1.807, 2.05) is 0 Å². The lowest BCUT2D eigenvalue weighted by atomic mass is 9.89. The van der Waals surface area contributed by atoms with E-state index < -0.39 is 0 Å². The second-order valence-corrected chi connectivity index (χ2v) is 13.7. The quantitative estimate of drug-likeness (QED) is 0.338. The third kappa shape index (κ3) is 6.33. The SMILES string of the molecule is CC(C)c1cc(C(C)C)c(P=Pc2c(C(C)C)cc(C(C)C)cc2C(C)C)c(C(C)C)c1. The van der Waals surface area contributed by atoms with Crippen molar-refractivity contribution < 1.29 is 0 Å². The maximum atomic E-state index is 2.49. The Balaban J connectivity index is 2.79. The van der Waals surface area contributed by atoms with E-state index in [4.69, 9.17) is 0 Å². The van der Waals surface area contributed by atoms with Gasteiger partial charge < -0.3 is 0 Å². The third-order valence-corrected chi connectivity index (χ3v) is 9.49. The van der Waals surface area contributed by atoms with Crippen molar-refractivity contribution >= 4 is 26.3 Å². The van der Waals surface area contributed by atoms with Crippen LogP contribution in [0, 0.1) is 0 Å². The van der Waals surface area contributed by atoms with Crippen molar-refractivity contribution in [1.29, 1.82) is 0 Å². The first-order valence-electron chi connectivity index (χ1n) is 12.6. The molecule has 2 aromatic carbocycles. The van der Waals surface area contributed by atoms with Gasteiger partial charge in [0.05, 0.1) is 0 Å². The molecule has 0 N–H and O–H groups in total. The van der Waals surface area contributed by atoms with Gasteiger partial charge in [-0.2, -0.15) is 0 Å². The molecule has 0 radical (unpaired) electrons. The first-order chi connectivity index (χ1) is 14.8. The van der Waals surface area contributed by atoms with E-state index in [1.165, 1.54) is 26.9 Å². The Morgan fingerprint density at radius 1 is 0.375 bits per heavy atom. The summed E-state index contributed by atoms with van der Waals surface area (Å²) in [6.45, 7) is 28.1. The average Bonchev–Trinajstić information content (AvgIpc) is 2.70. The molecule has 0 heterocycles. The van der Waals surface area contributed by atoms with Gasteiger partial charge in [0.15, 0.2) is 0 Å². The van der Waals surface area contributed by atoms with Gasteiger partial charge in [0.2, 0.25) is 0 Å². The van der Waals surface area contributed by atoms with E-state index in [9.17, 15) is 0 Å². The molecule has 0 aliphatic heterocycles. The standard InChI is InChI=1S/C30H46P2/c1-17(2)23-13-25(19(5)6)29(26(14-23)20(7)8)31-32-30-27(21(9)10)15-24(18(3)4)16-28(30)22(11)12/h13-22H,1-12H3. The van der Waals surface area contributed by atoms with Gasteiger partial charge in [-0.05, 0) is 84.6 Å². The van der Waals surface area contributed by atoms with Gasteiger partial charge in [0.25, 0.3) is 0 Å². The molecule has 0 bridgehead atoms. The Morgan fingerprint density at radius 3 is 0.750 bits per heavy atom. The maximum absolute atomic E-state index is 2.49. The van der Waals surface area contributed by atoms with Crippen molar-refractivity contribution in [3.8, 4) is 0 Å². The monoisotopic (exact) mass is 468 g/mol. The van der Waals surface area contributed by atoms with E-state index >= 15 is 0 Å². The van der Waals surface area contributed by atoms with Crippen LogP contribution >= 0.6 is 15.7 Å². The molecule has 0 saturated carbocycles. The number of benzene rings is 2. The van der Waals surface area contributed by atoms with Crippen LogP contribution in [0.3, 0.4) is 0 Å². The smallest absolute Gasteiger partial charge is 0.0133 e. The predicted molar refractivity (Wildman–Crippen MR) is 151 cm³/mol. The molecule has 32 heavy (non-hydrogen) atoms. The van der Waals surface area contributed by atoms with Gasteiger partial charge in [0, 0.05) is 10.6 Å². The summed E-state index contributed by atoms with van der Waals surface area (Å²) in [5.41, 5.74) is 9.16. The lowest BCUT2D eigenvalue weighted by molar-refractivity contribution is 0.813. The first-order valence-corrected chi connectivity index (χ1v) is 15.1. The van der Waals surface area contributed by atoms with E-state index in [0.29, 0.717) is 35.5 Å². The molecule has 0 aliphatic carbocycles. The minimum absolute atomic E-state index is 0.543. The second kappa shape index (κ2) is 11.4. The molecule has 2 aromatic rings. The zero-order chi connectivity index (χ0) is 24.3. The average molecular weight is 469 g/mol. The van der Waals surface area contributed by atoms with E-state index in [-0.39, 0.29) is 0 Å². The van der Waals surface area contributed by atoms with Crippen LogP contribution in [0.25, 0.3) is 0 Å². The molecule has 2 rings (SSSR count). The minimum Gasteiger partial charge on any atom is -0.0587 e. The summed E-state index contributed by atoms with van der Waals surface area (Å²) >= 11 is 0. The highest BCUT2D eigenvalue weighted by molar-refractivity contribution is 7.91. The fraction of sp³-hybridized carbons (Fsp3) is 0.600. The zero-order valence-electron chi connectivity index (χ0n) is 22.7. The minimum atomic E-state index is 0.543. The van der Waals surface area contributed by atoms with Gasteiger partial charge in [0.1, 0.15) is 0 Å². The number of hydrogen-bond donors (Lipinski definition) is 0. The summed E-state index contributed by atoms with van der Waals surface area (Å²) in [7, 11) is 2.85. The number of hydrogen-bond acceptors (Lipinski definition) is 0. The predicted octanol–water partition coefficient (Wildman–Crippen LogP) is 10.2. The van der Waals surface area contributed by atoms with Crippen LogP contribution in [0.1, 0.15) is 152 Å². The Labute approximate surface area is 202 Å². The van der Waals surface area contributed by atoms with Crippen LogP contribution in [0.5, 0.6) is 0 Å². The first kappa shape index (κ1) is 27.3. The van der Waals surface area contributed by atoms with Gasteiger partial charge in [-0.1, -0.05) is 107 Å². The van der Waals surface area contributed by atoms with E-state index in [2.05, 4.69) is 107 Å². The summed E-state index contributed by atoms with van der Waals surface area (Å²) < 4.78 is 0. The second-order valence-electron chi connectivity index (χ2n) is 11.2. The Kier molecular flexibility index (Phi) is 9.76. The topological polar surface area (TPSA) is 0 Å². The van der Waals surface area contributed by atoms with Gasteiger partial charge in [-0.25, -0.2) is 0 Å². The highest BCUT2D eigenvalue weighted by Crippen LogP contribution is 2.35. The molecule has 0 spiro atoms. The Hall–Kier alpha value is -0.960. The summed E-state index contributed by atoms with van der Waals surface area (Å²) in [5, 5.41) is 3.14. The fourth-order valence-electron chi connectivity index (χ4n) is 4.17. The zero-order valence-corrected chi connectivity index (χ0v) is 24.5. The van der Waals surface area contributed by atoms with Gasteiger partial charge >= 0.3 is 0 Å². The van der Waals surface area contributed by atoms with Crippen LogP contribution in [0.2, 0.25) is 0 Å². The maximum Gasteiger partial charge on any atom is 0.0133 e. The van der Waals surface area contributed by atoms with Crippen LogP contribution in [-0.2, 0) is 0 Å². The normalized spacial score (nSPS) is 12.7. The summed E-state index contributed by atoms with van der Waals surface area (Å²) in [5.74, 6) is 3.30. The highest BCUT2D eigenvalue weighted by Gasteiger charge is 2.19. The fourth-order valence-corrected chi connectivity index (χ4v) is 8.10. The van der Waals surface area contributed by atoms with Crippen molar-refractivity contribution in [2.75, 3.05) is 0 Å². The molecule has 176 valence electrons. The van der Waals surface area contributed by atoms with Crippen molar-refractivity contribution in [1.82, 2.24) is 0 Å².